The molecule has 10 heteroatoms. The molecule has 3 unspecified atom stereocenters. The number of esters is 1. The predicted molar refractivity (Wildman–Crippen MR) is 330 cm³/mol. The highest BCUT2D eigenvalue weighted by Crippen LogP contribution is 2.38. The molecule has 0 radical (unpaired) electrons. The van der Waals surface area contributed by atoms with E-state index in [1.54, 1.807) is 0 Å². The number of rotatable bonds is 59. The van der Waals surface area contributed by atoms with E-state index in [1.165, 1.54) is 173 Å². The van der Waals surface area contributed by atoms with Gasteiger partial charge in [0.15, 0.2) is 0 Å². The highest BCUT2D eigenvalue weighted by molar-refractivity contribution is 7.45. The lowest BCUT2D eigenvalue weighted by Gasteiger charge is -2.30. The third kappa shape index (κ3) is 58.2. The van der Waals surface area contributed by atoms with Crippen LogP contribution in [0.3, 0.4) is 0 Å². The van der Waals surface area contributed by atoms with E-state index in [0.717, 1.165) is 96.3 Å². The summed E-state index contributed by atoms with van der Waals surface area (Å²) in [6.07, 6.45) is 71.8. The van der Waals surface area contributed by atoms with Crippen LogP contribution in [0.15, 0.2) is 60.8 Å². The summed E-state index contributed by atoms with van der Waals surface area (Å²) in [6, 6.07) is -0.895. The van der Waals surface area contributed by atoms with Gasteiger partial charge < -0.3 is 28.5 Å². The highest BCUT2D eigenvalue weighted by atomic mass is 31.2. The first-order valence-electron chi connectivity index (χ1n) is 32.6. The number of unbranched alkanes of at least 4 members (excludes halogenated alkanes) is 36. The van der Waals surface area contributed by atoms with E-state index in [9.17, 15) is 19.0 Å². The van der Waals surface area contributed by atoms with Crippen molar-refractivity contribution in [3.05, 3.63) is 60.8 Å². The number of nitrogens with one attached hydrogen (secondary N) is 1. The third-order valence-corrected chi connectivity index (χ3v) is 15.4. The normalized spacial score (nSPS) is 14.0. The number of allylic oxidation sites excluding steroid dienone is 9. The number of carbonyl (C=O) groups is 2. The average Bonchev–Trinajstić information content (AvgIpc) is 3.39. The molecule has 0 aromatic heterocycles. The molecule has 0 aromatic carbocycles. The van der Waals surface area contributed by atoms with Gasteiger partial charge >= 0.3 is 5.97 Å². The molecule has 0 fully saturated rings. The van der Waals surface area contributed by atoms with Gasteiger partial charge in [0.05, 0.1) is 33.8 Å². The Morgan fingerprint density at radius 3 is 1.27 bits per heavy atom. The van der Waals surface area contributed by atoms with E-state index in [2.05, 4.69) is 74.7 Å². The first-order chi connectivity index (χ1) is 37.4. The minimum atomic E-state index is -4.70. The van der Waals surface area contributed by atoms with Gasteiger partial charge in [-0.05, 0) is 89.5 Å². The molecule has 77 heavy (non-hydrogen) atoms. The van der Waals surface area contributed by atoms with Crippen LogP contribution in [0, 0.1) is 0 Å². The van der Waals surface area contributed by atoms with Gasteiger partial charge in [0.1, 0.15) is 19.3 Å². The number of nitrogens with zero attached hydrogens (tertiary/aromatic N) is 1. The number of ether oxygens (including phenoxy) is 1. The van der Waals surface area contributed by atoms with Crippen LogP contribution in [0.1, 0.15) is 303 Å². The minimum Gasteiger partial charge on any atom is -0.756 e. The van der Waals surface area contributed by atoms with Crippen LogP contribution in [0.25, 0.3) is 0 Å². The van der Waals surface area contributed by atoms with Gasteiger partial charge in [-0.25, -0.2) is 0 Å². The molecule has 0 aromatic rings. The number of phosphoric ester groups is 1. The van der Waals surface area contributed by atoms with Crippen molar-refractivity contribution in [1.29, 1.82) is 0 Å². The lowest BCUT2D eigenvalue weighted by atomic mass is 10.0. The summed E-state index contributed by atoms with van der Waals surface area (Å²) < 4.78 is 30.4. The van der Waals surface area contributed by atoms with Gasteiger partial charge in [-0.15, -0.1) is 0 Å². The Labute approximate surface area is 477 Å². The maximum absolute atomic E-state index is 13.5. The molecule has 0 rings (SSSR count). The molecular weight excluding hydrogens is 976 g/mol. The van der Waals surface area contributed by atoms with Crippen molar-refractivity contribution in [1.82, 2.24) is 5.32 Å². The molecule has 1 N–H and O–H groups in total. The molecular formula is C67H125N2O7P. The number of hydrogen-bond acceptors (Lipinski definition) is 7. The van der Waals surface area contributed by atoms with Gasteiger partial charge in [-0.2, -0.15) is 0 Å². The topological polar surface area (TPSA) is 114 Å². The zero-order chi connectivity index (χ0) is 56.4. The van der Waals surface area contributed by atoms with Gasteiger partial charge in [0, 0.05) is 12.8 Å². The Bertz CT molecular complexity index is 1500. The van der Waals surface area contributed by atoms with E-state index in [-0.39, 0.29) is 24.9 Å². The second-order valence-corrected chi connectivity index (χ2v) is 24.7. The van der Waals surface area contributed by atoms with E-state index >= 15 is 0 Å². The smallest absolute Gasteiger partial charge is 0.306 e. The molecule has 0 bridgehead atoms. The number of phosphoric acid groups is 1. The van der Waals surface area contributed by atoms with Crippen LogP contribution in [0.4, 0.5) is 0 Å². The molecule has 450 valence electrons. The molecule has 1 amide bonds. The van der Waals surface area contributed by atoms with E-state index in [0.29, 0.717) is 17.4 Å². The number of hydrogen-bond donors (Lipinski definition) is 1. The van der Waals surface area contributed by atoms with Crippen molar-refractivity contribution in [2.45, 2.75) is 315 Å². The average molecular weight is 1100 g/mol. The first-order valence-corrected chi connectivity index (χ1v) is 34.1. The van der Waals surface area contributed by atoms with Crippen molar-refractivity contribution in [2.24, 2.45) is 0 Å². The predicted octanol–water partition coefficient (Wildman–Crippen LogP) is 19.6. The monoisotopic (exact) mass is 1100 g/mol. The maximum Gasteiger partial charge on any atom is 0.306 e. The number of likely N-dealkylation sites (N-methyl/N-ethyl adjacent to an activating group) is 1. The summed E-state index contributed by atoms with van der Waals surface area (Å²) in [7, 11) is 1.18. The largest absolute Gasteiger partial charge is 0.756 e. The van der Waals surface area contributed by atoms with Crippen LogP contribution in [0.5, 0.6) is 0 Å². The van der Waals surface area contributed by atoms with Crippen LogP contribution in [0.2, 0.25) is 0 Å². The second kappa shape index (κ2) is 57.0. The summed E-state index contributed by atoms with van der Waals surface area (Å²) in [5, 5.41) is 3.03. The van der Waals surface area contributed by atoms with Crippen LogP contribution in [-0.2, 0) is 27.9 Å². The van der Waals surface area contributed by atoms with E-state index in [4.69, 9.17) is 13.8 Å². The fourth-order valence-electron chi connectivity index (χ4n) is 9.37. The molecule has 0 aliphatic carbocycles. The van der Waals surface area contributed by atoms with Gasteiger partial charge in [0.2, 0.25) is 5.91 Å². The summed E-state index contributed by atoms with van der Waals surface area (Å²) in [6.45, 7) is 6.80. The minimum absolute atomic E-state index is 0.0252. The molecule has 0 saturated carbocycles. The van der Waals surface area contributed by atoms with Crippen molar-refractivity contribution in [2.75, 3.05) is 40.9 Å². The summed E-state index contributed by atoms with van der Waals surface area (Å²) >= 11 is 0. The summed E-state index contributed by atoms with van der Waals surface area (Å²) in [4.78, 5) is 40.0. The zero-order valence-corrected chi connectivity index (χ0v) is 52.3. The fourth-order valence-corrected chi connectivity index (χ4v) is 10.1. The fraction of sp³-hybridized carbons (Fsp3) is 0.821. The quantitative estimate of drug-likeness (QED) is 0.0161. The number of carbonyl (C=O) groups excluding carboxylic acids is 2. The third-order valence-electron chi connectivity index (χ3n) is 14.4. The van der Waals surface area contributed by atoms with Crippen molar-refractivity contribution in [3.8, 4) is 0 Å². The molecule has 0 aliphatic heterocycles. The SMILES string of the molecule is CCCCC/C=C\C/C=C\CCCCCCCCCCCCCCCC(=O)OC(/C=C\CCCCCCCCCCCCC)C(COP(=O)([O-])OCC[N+](C)(C)C)NC(=O)CCCCCCCC/C=C/C=C/CCCCC. The summed E-state index contributed by atoms with van der Waals surface area (Å²) in [5.41, 5.74) is 0. The molecule has 0 heterocycles. The van der Waals surface area contributed by atoms with Crippen LogP contribution in [-0.4, -0.2) is 69.4 Å². The van der Waals surface area contributed by atoms with Crippen molar-refractivity contribution in [3.63, 3.8) is 0 Å². The molecule has 0 saturated heterocycles. The van der Waals surface area contributed by atoms with E-state index < -0.39 is 26.6 Å². The second-order valence-electron chi connectivity index (χ2n) is 23.3. The lowest BCUT2D eigenvalue weighted by Crippen LogP contribution is -2.47. The molecule has 0 spiro atoms. The molecule has 3 atom stereocenters. The van der Waals surface area contributed by atoms with Gasteiger partial charge in [0.25, 0.3) is 7.82 Å². The Kier molecular flexibility index (Phi) is 55.3. The maximum atomic E-state index is 13.5. The Balaban J connectivity index is 5.18. The number of amides is 1. The Hall–Kier alpha value is -2.29. The highest BCUT2D eigenvalue weighted by Gasteiger charge is 2.27. The molecule has 9 nitrogen and oxygen atoms in total. The van der Waals surface area contributed by atoms with Crippen LogP contribution < -0.4 is 10.2 Å². The van der Waals surface area contributed by atoms with Gasteiger partial charge in [-0.1, -0.05) is 262 Å². The first kappa shape index (κ1) is 74.7. The standard InChI is InChI=1S/C67H125N2O7P/c1-7-10-13-16-19-22-25-28-30-31-32-33-34-35-36-37-39-42-45-48-51-54-57-60-67(71)76-65(58-55-52-49-46-43-40-27-24-21-18-15-12-9-3)64(63-75-77(72,73)74-62-61-69(4,5)6)68-66(70)59-56-53-50-47-44-41-38-29-26-23-20-17-14-11-8-2/h19-20,22-23,26,28-30,55,58,64-65H,7-18,21,24-25,27,31-54,56-57,59-63H2,1-6H3,(H-,68,70,72,73)/b22-19-,23-20+,29-26+,30-28-,58-55-. The van der Waals surface area contributed by atoms with Crippen molar-refractivity contribution < 1.29 is 37.3 Å². The zero-order valence-electron chi connectivity index (χ0n) is 51.4. The molecule has 0 aliphatic rings. The Morgan fingerprint density at radius 1 is 0.468 bits per heavy atom. The van der Waals surface area contributed by atoms with E-state index in [1.807, 2.05) is 33.3 Å². The van der Waals surface area contributed by atoms with Crippen LogP contribution >= 0.6 is 7.82 Å². The van der Waals surface area contributed by atoms with Crippen molar-refractivity contribution >= 4 is 19.7 Å². The Morgan fingerprint density at radius 2 is 0.831 bits per heavy atom. The summed E-state index contributed by atoms with van der Waals surface area (Å²) in [5.74, 6) is -0.547. The van der Waals surface area contributed by atoms with Gasteiger partial charge in [-0.3, -0.25) is 14.2 Å². The number of quaternary nitrogens is 1. The lowest BCUT2D eigenvalue weighted by molar-refractivity contribution is -0.870.